The van der Waals surface area contributed by atoms with Gasteiger partial charge in [-0.05, 0) is 41.1 Å². The van der Waals surface area contributed by atoms with Gasteiger partial charge in [0.1, 0.15) is 0 Å². The van der Waals surface area contributed by atoms with Gasteiger partial charge in [-0.25, -0.2) is 0 Å². The summed E-state index contributed by atoms with van der Waals surface area (Å²) in [5, 5.41) is 0. The average Bonchev–Trinajstić information content (AvgIpc) is 2.46. The van der Waals surface area contributed by atoms with Crippen LogP contribution in [0.15, 0.2) is 24.3 Å². The molecule has 0 radical (unpaired) electrons. The number of benzene rings is 1. The van der Waals surface area contributed by atoms with Crippen LogP contribution in [0.3, 0.4) is 0 Å². The van der Waals surface area contributed by atoms with Crippen LogP contribution in [0.5, 0.6) is 0 Å². The summed E-state index contributed by atoms with van der Waals surface area (Å²) in [7, 11) is 0. The minimum absolute atomic E-state index is 0.296. The van der Waals surface area contributed by atoms with Crippen molar-refractivity contribution < 1.29 is 4.79 Å². The van der Waals surface area contributed by atoms with E-state index in [4.69, 9.17) is 0 Å². The molecule has 112 valence electrons. The molecule has 1 nitrogen and oxygen atoms in total. The number of hydrogen-bond acceptors (Lipinski definition) is 1. The molecule has 0 saturated heterocycles. The zero-order valence-electron chi connectivity index (χ0n) is 12.7. The molecule has 0 fully saturated rings. The third-order valence-electron chi connectivity index (χ3n) is 3.67. The predicted molar refractivity (Wildman–Crippen MR) is 95.3 cm³/mol. The normalized spacial score (nSPS) is 10.7. The van der Waals surface area contributed by atoms with Gasteiger partial charge < -0.3 is 0 Å². The van der Waals surface area contributed by atoms with Gasteiger partial charge >= 0.3 is 0 Å². The van der Waals surface area contributed by atoms with Gasteiger partial charge in [-0.3, -0.25) is 4.79 Å². The van der Waals surface area contributed by atoms with Gasteiger partial charge in [0.05, 0.1) is 0 Å². The summed E-state index contributed by atoms with van der Waals surface area (Å²) in [5.74, 6) is 0.296. The Balaban J connectivity index is 2.01. The van der Waals surface area contributed by atoms with Crippen LogP contribution in [-0.2, 0) is 0 Å². The molecule has 0 heterocycles. The zero-order chi connectivity index (χ0) is 14.6. The highest BCUT2D eigenvalue weighted by Gasteiger charge is 2.04. The van der Waals surface area contributed by atoms with Crippen LogP contribution in [0, 0.1) is 3.57 Å². The molecule has 1 aromatic carbocycles. The number of carbonyl (C=O) groups is 1. The van der Waals surface area contributed by atoms with Crippen LogP contribution >= 0.6 is 22.6 Å². The van der Waals surface area contributed by atoms with Crippen LogP contribution in [0.1, 0.15) is 81.5 Å². The van der Waals surface area contributed by atoms with Gasteiger partial charge in [0.2, 0.25) is 0 Å². The van der Waals surface area contributed by atoms with Crippen molar-refractivity contribution in [2.75, 3.05) is 0 Å². The van der Waals surface area contributed by atoms with E-state index in [0.717, 1.165) is 12.0 Å². The second-order valence-corrected chi connectivity index (χ2v) is 6.75. The molecule has 0 unspecified atom stereocenters. The van der Waals surface area contributed by atoms with Gasteiger partial charge in [0, 0.05) is 15.6 Å². The first kappa shape index (κ1) is 17.7. The number of halogens is 1. The van der Waals surface area contributed by atoms with Crippen molar-refractivity contribution in [2.45, 2.75) is 71.1 Å². The molecular formula is C18H27IO. The zero-order valence-corrected chi connectivity index (χ0v) is 14.8. The number of hydrogen-bond donors (Lipinski definition) is 0. The lowest BCUT2D eigenvalue weighted by atomic mass is 10.0. The highest BCUT2D eigenvalue weighted by molar-refractivity contribution is 14.1. The highest BCUT2D eigenvalue weighted by Crippen LogP contribution is 2.13. The number of ketones is 1. The molecule has 0 aliphatic carbocycles. The minimum atomic E-state index is 0.296. The highest BCUT2D eigenvalue weighted by atomic mass is 127. The van der Waals surface area contributed by atoms with Crippen molar-refractivity contribution in [2.24, 2.45) is 0 Å². The maximum atomic E-state index is 12.0. The average molecular weight is 386 g/mol. The summed E-state index contributed by atoms with van der Waals surface area (Å²) in [4.78, 5) is 12.0. The van der Waals surface area contributed by atoms with E-state index in [1.807, 2.05) is 24.3 Å². The molecule has 0 spiro atoms. The standard InChI is InChI=1S/C18H27IO/c1-2-3-4-5-6-7-8-9-10-11-18(20)16-12-14-17(19)15-13-16/h12-15H,2-11H2,1H3. The molecular weight excluding hydrogens is 359 g/mol. The molecule has 0 bridgehead atoms. The van der Waals surface area contributed by atoms with E-state index in [-0.39, 0.29) is 0 Å². The first-order valence-electron chi connectivity index (χ1n) is 8.03. The van der Waals surface area contributed by atoms with Crippen LogP contribution in [0.25, 0.3) is 0 Å². The Labute approximate surface area is 137 Å². The number of Topliss-reactive ketones (excluding diaryl/α,β-unsaturated/α-hetero) is 1. The van der Waals surface area contributed by atoms with Crippen molar-refractivity contribution in [1.82, 2.24) is 0 Å². The topological polar surface area (TPSA) is 17.1 Å². The van der Waals surface area contributed by atoms with Gasteiger partial charge in [-0.15, -0.1) is 0 Å². The Hall–Kier alpha value is -0.380. The van der Waals surface area contributed by atoms with E-state index >= 15 is 0 Å². The molecule has 0 aromatic heterocycles. The third-order valence-corrected chi connectivity index (χ3v) is 4.39. The fourth-order valence-corrected chi connectivity index (χ4v) is 2.74. The van der Waals surface area contributed by atoms with Crippen LogP contribution in [0.4, 0.5) is 0 Å². The van der Waals surface area contributed by atoms with E-state index in [0.29, 0.717) is 12.2 Å². The number of rotatable bonds is 11. The quantitative estimate of drug-likeness (QED) is 0.245. The van der Waals surface area contributed by atoms with Gasteiger partial charge in [0.15, 0.2) is 5.78 Å². The summed E-state index contributed by atoms with van der Waals surface area (Å²) in [6, 6.07) is 7.89. The van der Waals surface area contributed by atoms with Gasteiger partial charge in [-0.2, -0.15) is 0 Å². The summed E-state index contributed by atoms with van der Waals surface area (Å²) in [6.07, 6.45) is 12.4. The summed E-state index contributed by atoms with van der Waals surface area (Å²) in [5.41, 5.74) is 0.866. The van der Waals surface area contributed by atoms with Crippen LogP contribution in [0.2, 0.25) is 0 Å². The lowest BCUT2D eigenvalue weighted by Gasteiger charge is -2.03. The van der Waals surface area contributed by atoms with E-state index in [2.05, 4.69) is 29.5 Å². The van der Waals surface area contributed by atoms with Crippen LogP contribution < -0.4 is 0 Å². The molecule has 0 atom stereocenters. The summed E-state index contributed by atoms with van der Waals surface area (Å²) >= 11 is 2.26. The van der Waals surface area contributed by atoms with Crippen LogP contribution in [-0.4, -0.2) is 5.78 Å². The minimum Gasteiger partial charge on any atom is -0.294 e. The fraction of sp³-hybridized carbons (Fsp3) is 0.611. The fourth-order valence-electron chi connectivity index (χ4n) is 2.38. The monoisotopic (exact) mass is 386 g/mol. The molecule has 0 aliphatic heterocycles. The largest absolute Gasteiger partial charge is 0.294 e. The molecule has 0 aliphatic rings. The first-order chi connectivity index (χ1) is 9.74. The lowest BCUT2D eigenvalue weighted by molar-refractivity contribution is 0.0979. The van der Waals surface area contributed by atoms with Crippen molar-refractivity contribution in [3.05, 3.63) is 33.4 Å². The summed E-state index contributed by atoms with van der Waals surface area (Å²) < 4.78 is 1.18. The maximum absolute atomic E-state index is 12.0. The first-order valence-corrected chi connectivity index (χ1v) is 9.10. The second-order valence-electron chi connectivity index (χ2n) is 5.51. The maximum Gasteiger partial charge on any atom is 0.162 e. The Morgan fingerprint density at radius 2 is 1.35 bits per heavy atom. The Morgan fingerprint density at radius 3 is 1.90 bits per heavy atom. The van der Waals surface area contributed by atoms with Crippen molar-refractivity contribution in [3.8, 4) is 0 Å². The summed E-state index contributed by atoms with van der Waals surface area (Å²) in [6.45, 7) is 2.25. The Bertz CT molecular complexity index is 370. The van der Waals surface area contributed by atoms with E-state index in [9.17, 15) is 4.79 Å². The van der Waals surface area contributed by atoms with E-state index in [1.165, 1.54) is 54.9 Å². The molecule has 20 heavy (non-hydrogen) atoms. The SMILES string of the molecule is CCCCCCCCCCCC(=O)c1ccc(I)cc1. The Kier molecular flexibility index (Phi) is 9.98. The molecule has 2 heteroatoms. The van der Waals surface area contributed by atoms with E-state index in [1.54, 1.807) is 0 Å². The third kappa shape index (κ3) is 8.03. The lowest BCUT2D eigenvalue weighted by Crippen LogP contribution is -1.98. The molecule has 0 amide bonds. The molecule has 1 rings (SSSR count). The van der Waals surface area contributed by atoms with E-state index < -0.39 is 0 Å². The number of carbonyl (C=O) groups excluding carboxylic acids is 1. The van der Waals surface area contributed by atoms with Crippen molar-refractivity contribution in [1.29, 1.82) is 0 Å². The predicted octanol–water partition coefficient (Wildman–Crippen LogP) is 6.39. The Morgan fingerprint density at radius 1 is 0.850 bits per heavy atom. The van der Waals surface area contributed by atoms with Crippen molar-refractivity contribution in [3.63, 3.8) is 0 Å². The molecule has 1 aromatic rings. The second kappa shape index (κ2) is 11.3. The molecule has 0 N–H and O–H groups in total. The number of unbranched alkanes of at least 4 members (excludes halogenated alkanes) is 8. The van der Waals surface area contributed by atoms with Gasteiger partial charge in [0.25, 0.3) is 0 Å². The van der Waals surface area contributed by atoms with Crippen molar-refractivity contribution >= 4 is 28.4 Å². The smallest absolute Gasteiger partial charge is 0.162 e. The molecule has 0 saturated carbocycles. The van der Waals surface area contributed by atoms with Gasteiger partial charge in [-0.1, -0.05) is 70.4 Å².